The van der Waals surface area contributed by atoms with E-state index in [2.05, 4.69) is 28.4 Å². The predicted molar refractivity (Wildman–Crippen MR) is 81.4 cm³/mol. The maximum absolute atomic E-state index is 5.32. The van der Waals surface area contributed by atoms with Gasteiger partial charge in [0.1, 0.15) is 0 Å². The SMILES string of the molecule is Cc1nn(C)cc1CNCCN1CCOCC1.Cl.Cl. The van der Waals surface area contributed by atoms with Crippen molar-refractivity contribution in [1.82, 2.24) is 20.0 Å². The molecule has 5 nitrogen and oxygen atoms in total. The van der Waals surface area contributed by atoms with E-state index in [0.29, 0.717) is 0 Å². The second kappa shape index (κ2) is 9.55. The molecule has 0 radical (unpaired) electrons. The molecule has 1 N–H and O–H groups in total. The fraction of sp³-hybridized carbons (Fsp3) is 0.750. The molecule has 7 heteroatoms. The van der Waals surface area contributed by atoms with Crippen molar-refractivity contribution in [3.63, 3.8) is 0 Å². The number of nitrogens with one attached hydrogen (secondary N) is 1. The molecular formula is C12H24Cl2N4O. The zero-order chi connectivity index (χ0) is 12.1. The molecule has 1 fully saturated rings. The van der Waals surface area contributed by atoms with E-state index in [1.54, 1.807) is 0 Å². The Hall–Kier alpha value is -0.330. The molecule has 1 aromatic heterocycles. The third-order valence-corrected chi connectivity index (χ3v) is 3.14. The van der Waals surface area contributed by atoms with Crippen molar-refractivity contribution in [3.05, 3.63) is 17.5 Å². The normalized spacial score (nSPS) is 15.7. The first-order chi connectivity index (χ1) is 8.25. The molecule has 0 atom stereocenters. The number of halogens is 2. The van der Waals surface area contributed by atoms with Crippen LogP contribution in [0.1, 0.15) is 11.3 Å². The van der Waals surface area contributed by atoms with Gasteiger partial charge in [-0.15, -0.1) is 24.8 Å². The summed E-state index contributed by atoms with van der Waals surface area (Å²) in [5.41, 5.74) is 2.40. The molecule has 19 heavy (non-hydrogen) atoms. The molecule has 0 amide bonds. The molecule has 112 valence electrons. The zero-order valence-electron chi connectivity index (χ0n) is 11.6. The van der Waals surface area contributed by atoms with Crippen LogP contribution in [0.3, 0.4) is 0 Å². The number of aryl methyl sites for hydroxylation is 2. The van der Waals surface area contributed by atoms with Crippen LogP contribution in [0.25, 0.3) is 0 Å². The minimum atomic E-state index is 0. The molecule has 1 saturated heterocycles. The van der Waals surface area contributed by atoms with Crippen LogP contribution in [0.5, 0.6) is 0 Å². The van der Waals surface area contributed by atoms with E-state index < -0.39 is 0 Å². The Morgan fingerprint density at radius 2 is 2.00 bits per heavy atom. The number of rotatable bonds is 5. The first-order valence-corrected chi connectivity index (χ1v) is 6.25. The molecule has 1 aliphatic rings. The maximum Gasteiger partial charge on any atom is 0.0638 e. The van der Waals surface area contributed by atoms with Gasteiger partial charge in [0, 0.05) is 51.5 Å². The molecule has 0 bridgehead atoms. The highest BCUT2D eigenvalue weighted by molar-refractivity contribution is 5.85. The molecule has 2 rings (SSSR count). The van der Waals surface area contributed by atoms with Crippen molar-refractivity contribution in [3.8, 4) is 0 Å². The third kappa shape index (κ3) is 6.10. The summed E-state index contributed by atoms with van der Waals surface area (Å²) < 4.78 is 7.19. The molecular weight excluding hydrogens is 287 g/mol. The summed E-state index contributed by atoms with van der Waals surface area (Å²) in [6.45, 7) is 8.96. The second-order valence-electron chi connectivity index (χ2n) is 4.54. The van der Waals surface area contributed by atoms with E-state index in [9.17, 15) is 0 Å². The minimum absolute atomic E-state index is 0. The van der Waals surface area contributed by atoms with Crippen molar-refractivity contribution in [2.24, 2.45) is 7.05 Å². The van der Waals surface area contributed by atoms with Crippen molar-refractivity contribution >= 4 is 24.8 Å². The molecule has 0 aliphatic carbocycles. The van der Waals surface area contributed by atoms with E-state index >= 15 is 0 Å². The molecule has 0 aromatic carbocycles. The largest absolute Gasteiger partial charge is 0.379 e. The monoisotopic (exact) mass is 310 g/mol. The van der Waals surface area contributed by atoms with E-state index in [4.69, 9.17) is 4.74 Å². The number of ether oxygens (including phenoxy) is 1. The van der Waals surface area contributed by atoms with Gasteiger partial charge in [0.15, 0.2) is 0 Å². The van der Waals surface area contributed by atoms with Gasteiger partial charge in [-0.3, -0.25) is 9.58 Å². The molecule has 1 aromatic rings. The lowest BCUT2D eigenvalue weighted by Crippen LogP contribution is -2.40. The summed E-state index contributed by atoms with van der Waals surface area (Å²) in [6, 6.07) is 0. The van der Waals surface area contributed by atoms with Crippen molar-refractivity contribution in [2.45, 2.75) is 13.5 Å². The Morgan fingerprint density at radius 1 is 1.32 bits per heavy atom. The maximum atomic E-state index is 5.32. The van der Waals surface area contributed by atoms with Crippen molar-refractivity contribution < 1.29 is 4.74 Å². The highest BCUT2D eigenvalue weighted by Gasteiger charge is 2.09. The fourth-order valence-electron chi connectivity index (χ4n) is 2.11. The van der Waals surface area contributed by atoms with Crippen LogP contribution in [0.4, 0.5) is 0 Å². The Kier molecular flexibility index (Phi) is 9.39. The summed E-state index contributed by atoms with van der Waals surface area (Å²) in [5.74, 6) is 0. The summed E-state index contributed by atoms with van der Waals surface area (Å²) in [7, 11) is 1.96. The van der Waals surface area contributed by atoms with Gasteiger partial charge in [-0.05, 0) is 6.92 Å². The Labute approximate surface area is 127 Å². The standard InChI is InChI=1S/C12H22N4O.2ClH/c1-11-12(10-15(2)14-11)9-13-3-4-16-5-7-17-8-6-16;;/h10,13H,3-9H2,1-2H3;2*1H. The van der Waals surface area contributed by atoms with Crippen LogP contribution < -0.4 is 5.32 Å². The molecule has 1 aliphatic heterocycles. The Balaban J connectivity index is 0.00000162. The zero-order valence-corrected chi connectivity index (χ0v) is 13.2. The predicted octanol–water partition coefficient (Wildman–Crippen LogP) is 0.994. The first kappa shape index (κ1) is 18.7. The molecule has 2 heterocycles. The second-order valence-corrected chi connectivity index (χ2v) is 4.54. The van der Waals surface area contributed by atoms with Crippen LogP contribution in [-0.4, -0.2) is 54.1 Å². The molecule has 0 spiro atoms. The number of hydrogen-bond donors (Lipinski definition) is 1. The lowest BCUT2D eigenvalue weighted by atomic mass is 10.2. The Morgan fingerprint density at radius 3 is 2.58 bits per heavy atom. The summed E-state index contributed by atoms with van der Waals surface area (Å²) >= 11 is 0. The summed E-state index contributed by atoms with van der Waals surface area (Å²) in [5, 5.41) is 7.80. The first-order valence-electron chi connectivity index (χ1n) is 6.25. The van der Waals surface area contributed by atoms with E-state index in [0.717, 1.165) is 51.6 Å². The molecule has 0 unspecified atom stereocenters. The van der Waals surface area contributed by atoms with Gasteiger partial charge < -0.3 is 10.1 Å². The van der Waals surface area contributed by atoms with Gasteiger partial charge >= 0.3 is 0 Å². The quantitative estimate of drug-likeness (QED) is 0.824. The van der Waals surface area contributed by atoms with Gasteiger partial charge in [-0.2, -0.15) is 5.10 Å². The number of hydrogen-bond acceptors (Lipinski definition) is 4. The van der Waals surface area contributed by atoms with E-state index in [1.807, 2.05) is 11.7 Å². The minimum Gasteiger partial charge on any atom is -0.379 e. The van der Waals surface area contributed by atoms with Crippen LogP contribution in [0.2, 0.25) is 0 Å². The number of morpholine rings is 1. The van der Waals surface area contributed by atoms with Gasteiger partial charge in [0.2, 0.25) is 0 Å². The summed E-state index contributed by atoms with van der Waals surface area (Å²) in [4.78, 5) is 2.44. The van der Waals surface area contributed by atoms with Gasteiger partial charge in [-0.25, -0.2) is 0 Å². The number of nitrogens with zero attached hydrogens (tertiary/aromatic N) is 3. The van der Waals surface area contributed by atoms with E-state index in [1.165, 1.54) is 5.56 Å². The van der Waals surface area contributed by atoms with Crippen molar-refractivity contribution in [1.29, 1.82) is 0 Å². The van der Waals surface area contributed by atoms with Crippen LogP contribution in [0, 0.1) is 6.92 Å². The fourth-order valence-corrected chi connectivity index (χ4v) is 2.11. The third-order valence-electron chi connectivity index (χ3n) is 3.14. The summed E-state index contributed by atoms with van der Waals surface area (Å²) in [6.07, 6.45) is 2.08. The highest BCUT2D eigenvalue weighted by atomic mass is 35.5. The lowest BCUT2D eigenvalue weighted by Gasteiger charge is -2.26. The average molecular weight is 311 g/mol. The smallest absolute Gasteiger partial charge is 0.0638 e. The topological polar surface area (TPSA) is 42.3 Å². The highest BCUT2D eigenvalue weighted by Crippen LogP contribution is 2.03. The van der Waals surface area contributed by atoms with E-state index in [-0.39, 0.29) is 24.8 Å². The van der Waals surface area contributed by atoms with Gasteiger partial charge in [-0.1, -0.05) is 0 Å². The van der Waals surface area contributed by atoms with Gasteiger partial charge in [0.25, 0.3) is 0 Å². The van der Waals surface area contributed by atoms with Crippen molar-refractivity contribution in [2.75, 3.05) is 39.4 Å². The Bertz CT molecular complexity index is 353. The van der Waals surface area contributed by atoms with Crippen LogP contribution >= 0.6 is 24.8 Å². The molecule has 0 saturated carbocycles. The van der Waals surface area contributed by atoms with Gasteiger partial charge in [0.05, 0.1) is 18.9 Å². The van der Waals surface area contributed by atoms with Crippen LogP contribution in [0.15, 0.2) is 6.20 Å². The van der Waals surface area contributed by atoms with Crippen LogP contribution in [-0.2, 0) is 18.3 Å². The number of aromatic nitrogens is 2. The lowest BCUT2D eigenvalue weighted by molar-refractivity contribution is 0.0384. The average Bonchev–Trinajstić information content (AvgIpc) is 2.65.